The summed E-state index contributed by atoms with van der Waals surface area (Å²) in [4.78, 5) is 4.33. The molecule has 0 aliphatic rings. The van der Waals surface area contributed by atoms with Crippen LogP contribution >= 0.6 is 15.9 Å². The monoisotopic (exact) mass is 342 g/mol. The second-order valence-electron chi connectivity index (χ2n) is 4.82. The van der Waals surface area contributed by atoms with Crippen molar-refractivity contribution in [3.05, 3.63) is 70.3 Å². The van der Waals surface area contributed by atoms with Crippen molar-refractivity contribution < 1.29 is 4.74 Å². The number of hydrogen-bond donors (Lipinski definition) is 1. The highest BCUT2D eigenvalue weighted by atomic mass is 79.9. The number of methoxy groups -OCH3 is 1. The highest BCUT2D eigenvalue weighted by Gasteiger charge is 2.14. The molecule has 3 nitrogen and oxygen atoms in total. The fourth-order valence-electron chi connectivity index (χ4n) is 2.41. The Morgan fingerprint density at radius 2 is 2.00 bits per heavy atom. The van der Waals surface area contributed by atoms with E-state index in [2.05, 4.69) is 27.0 Å². The summed E-state index contributed by atoms with van der Waals surface area (Å²) in [6.45, 7) is 0. The van der Waals surface area contributed by atoms with Crippen molar-refractivity contribution >= 4 is 26.8 Å². The van der Waals surface area contributed by atoms with Gasteiger partial charge in [0.05, 0.1) is 18.7 Å². The van der Waals surface area contributed by atoms with Gasteiger partial charge in [-0.05, 0) is 35.9 Å². The molecule has 3 aromatic rings. The number of pyridine rings is 1. The van der Waals surface area contributed by atoms with E-state index in [1.54, 1.807) is 13.3 Å². The van der Waals surface area contributed by atoms with Gasteiger partial charge < -0.3 is 10.5 Å². The third-order valence-corrected chi connectivity index (χ3v) is 4.01. The topological polar surface area (TPSA) is 48.1 Å². The van der Waals surface area contributed by atoms with Gasteiger partial charge in [-0.1, -0.05) is 34.1 Å². The number of halogens is 1. The summed E-state index contributed by atoms with van der Waals surface area (Å²) in [6, 6.07) is 15.7. The van der Waals surface area contributed by atoms with Crippen LogP contribution < -0.4 is 10.5 Å². The molecule has 0 spiro atoms. The predicted octanol–water partition coefficient (Wildman–Crippen LogP) is 4.05. The van der Waals surface area contributed by atoms with Crippen LogP contribution in [0.15, 0.2) is 59.2 Å². The van der Waals surface area contributed by atoms with Gasteiger partial charge in [0.15, 0.2) is 0 Å². The van der Waals surface area contributed by atoms with Crippen LogP contribution in [0.4, 0.5) is 0 Å². The lowest BCUT2D eigenvalue weighted by molar-refractivity contribution is 0.407. The van der Waals surface area contributed by atoms with Crippen LogP contribution in [0, 0.1) is 0 Å². The van der Waals surface area contributed by atoms with Crippen LogP contribution in [0.3, 0.4) is 0 Å². The first-order valence-corrected chi connectivity index (χ1v) is 7.42. The van der Waals surface area contributed by atoms with Gasteiger partial charge in [-0.25, -0.2) is 0 Å². The molecule has 1 atom stereocenters. The maximum Gasteiger partial charge on any atom is 0.125 e. The van der Waals surface area contributed by atoms with Gasteiger partial charge in [0.25, 0.3) is 0 Å². The maximum atomic E-state index is 6.42. The van der Waals surface area contributed by atoms with Crippen molar-refractivity contribution in [1.29, 1.82) is 0 Å². The molecule has 1 unspecified atom stereocenters. The zero-order chi connectivity index (χ0) is 14.8. The third-order valence-electron chi connectivity index (χ3n) is 3.52. The Kier molecular flexibility index (Phi) is 3.90. The van der Waals surface area contributed by atoms with E-state index < -0.39 is 0 Å². The van der Waals surface area contributed by atoms with Crippen molar-refractivity contribution in [3.63, 3.8) is 0 Å². The van der Waals surface area contributed by atoms with E-state index in [9.17, 15) is 0 Å². The van der Waals surface area contributed by atoms with Gasteiger partial charge in [-0.2, -0.15) is 0 Å². The number of nitrogens with zero attached hydrogens (tertiary/aromatic N) is 1. The van der Waals surface area contributed by atoms with Gasteiger partial charge in [-0.15, -0.1) is 0 Å². The molecule has 0 bridgehead atoms. The lowest BCUT2D eigenvalue weighted by Gasteiger charge is -2.17. The Hall–Kier alpha value is -1.91. The summed E-state index contributed by atoms with van der Waals surface area (Å²) >= 11 is 3.45. The standard InChI is InChI=1S/C17H15BrN2O/c1-21-16-10-13(18)5-6-14(16)17(19)12-4-7-15-11(9-12)3-2-8-20-15/h2-10,17H,19H2,1H3. The van der Waals surface area contributed by atoms with E-state index in [-0.39, 0.29) is 6.04 Å². The Labute approximate surface area is 131 Å². The molecule has 0 aliphatic heterocycles. The van der Waals surface area contributed by atoms with E-state index in [0.717, 1.165) is 32.3 Å². The van der Waals surface area contributed by atoms with Crippen LogP contribution in [0.25, 0.3) is 10.9 Å². The number of hydrogen-bond acceptors (Lipinski definition) is 3. The Bertz CT molecular complexity index is 789. The predicted molar refractivity (Wildman–Crippen MR) is 88.5 cm³/mol. The third kappa shape index (κ3) is 2.77. The Morgan fingerprint density at radius 3 is 2.81 bits per heavy atom. The number of aromatic nitrogens is 1. The molecule has 0 aliphatic carbocycles. The van der Waals surface area contributed by atoms with Gasteiger partial charge in [0.1, 0.15) is 5.75 Å². The SMILES string of the molecule is COc1cc(Br)ccc1C(N)c1ccc2ncccc2c1. The number of ether oxygens (including phenoxy) is 1. The summed E-state index contributed by atoms with van der Waals surface area (Å²) in [6.07, 6.45) is 1.79. The molecule has 3 rings (SSSR count). The number of rotatable bonds is 3. The zero-order valence-electron chi connectivity index (χ0n) is 11.6. The Balaban J connectivity index is 2.05. The minimum absolute atomic E-state index is 0.238. The van der Waals surface area contributed by atoms with Crippen LogP contribution in [-0.4, -0.2) is 12.1 Å². The van der Waals surface area contributed by atoms with Crippen molar-refractivity contribution in [3.8, 4) is 5.75 Å². The van der Waals surface area contributed by atoms with Crippen LogP contribution in [-0.2, 0) is 0 Å². The molecule has 2 aromatic carbocycles. The summed E-state index contributed by atoms with van der Waals surface area (Å²) in [7, 11) is 1.66. The fourth-order valence-corrected chi connectivity index (χ4v) is 2.75. The molecule has 21 heavy (non-hydrogen) atoms. The van der Waals surface area contributed by atoms with Crippen molar-refractivity contribution in [2.24, 2.45) is 5.73 Å². The Morgan fingerprint density at radius 1 is 1.14 bits per heavy atom. The van der Waals surface area contributed by atoms with E-state index in [1.165, 1.54) is 0 Å². The van der Waals surface area contributed by atoms with Gasteiger partial charge in [0.2, 0.25) is 0 Å². The molecule has 2 N–H and O–H groups in total. The summed E-state index contributed by atoms with van der Waals surface area (Å²) in [5.74, 6) is 0.781. The van der Waals surface area contributed by atoms with Crippen molar-refractivity contribution in [1.82, 2.24) is 4.98 Å². The molecule has 106 valence electrons. The highest BCUT2D eigenvalue weighted by Crippen LogP contribution is 2.31. The normalized spacial score (nSPS) is 12.3. The molecule has 0 amide bonds. The summed E-state index contributed by atoms with van der Waals surface area (Å²) in [5, 5.41) is 1.08. The average Bonchev–Trinajstić information content (AvgIpc) is 2.53. The van der Waals surface area contributed by atoms with Gasteiger partial charge in [0, 0.05) is 21.6 Å². The smallest absolute Gasteiger partial charge is 0.125 e. The number of nitrogens with two attached hydrogens (primary N) is 1. The molecule has 0 radical (unpaired) electrons. The summed E-state index contributed by atoms with van der Waals surface area (Å²) in [5.41, 5.74) is 9.39. The summed E-state index contributed by atoms with van der Waals surface area (Å²) < 4.78 is 6.40. The molecule has 1 aromatic heterocycles. The number of fused-ring (bicyclic) bond motifs is 1. The highest BCUT2D eigenvalue weighted by molar-refractivity contribution is 9.10. The first kappa shape index (κ1) is 14.0. The molecule has 4 heteroatoms. The zero-order valence-corrected chi connectivity index (χ0v) is 13.2. The van der Waals surface area contributed by atoms with E-state index in [4.69, 9.17) is 10.5 Å². The fraction of sp³-hybridized carbons (Fsp3) is 0.118. The molecular weight excluding hydrogens is 328 g/mol. The van der Waals surface area contributed by atoms with Crippen molar-refractivity contribution in [2.45, 2.75) is 6.04 Å². The van der Waals surface area contributed by atoms with Crippen molar-refractivity contribution in [2.75, 3.05) is 7.11 Å². The molecule has 0 fully saturated rings. The lowest BCUT2D eigenvalue weighted by atomic mass is 9.97. The molecule has 0 saturated heterocycles. The van der Waals surface area contributed by atoms with Crippen LogP contribution in [0.5, 0.6) is 5.75 Å². The van der Waals surface area contributed by atoms with Crippen LogP contribution in [0.2, 0.25) is 0 Å². The van der Waals surface area contributed by atoms with E-state index in [1.807, 2.05) is 42.5 Å². The molecule has 1 heterocycles. The van der Waals surface area contributed by atoms with E-state index >= 15 is 0 Å². The van der Waals surface area contributed by atoms with E-state index in [0.29, 0.717) is 0 Å². The second-order valence-corrected chi connectivity index (χ2v) is 5.74. The second kappa shape index (κ2) is 5.84. The first-order valence-electron chi connectivity index (χ1n) is 6.63. The van der Waals surface area contributed by atoms with Gasteiger partial charge in [-0.3, -0.25) is 4.98 Å². The van der Waals surface area contributed by atoms with Gasteiger partial charge >= 0.3 is 0 Å². The van der Waals surface area contributed by atoms with Crippen LogP contribution in [0.1, 0.15) is 17.2 Å². The minimum Gasteiger partial charge on any atom is -0.496 e. The lowest BCUT2D eigenvalue weighted by Crippen LogP contribution is -2.13. The molecular formula is C17H15BrN2O. The average molecular weight is 343 g/mol. The molecule has 0 saturated carbocycles. The first-order chi connectivity index (χ1) is 10.2. The number of benzene rings is 2. The largest absolute Gasteiger partial charge is 0.496 e. The maximum absolute atomic E-state index is 6.42. The minimum atomic E-state index is -0.238. The quantitative estimate of drug-likeness (QED) is 0.780.